The molecule has 6 unspecified atom stereocenters. The summed E-state index contributed by atoms with van der Waals surface area (Å²) in [5.41, 5.74) is 1.10. The van der Waals surface area contributed by atoms with Gasteiger partial charge in [0.05, 0.1) is 44.9 Å². The first-order valence-corrected chi connectivity index (χ1v) is 15.4. The maximum absolute atomic E-state index is 14.3. The summed E-state index contributed by atoms with van der Waals surface area (Å²) >= 11 is 0. The molecule has 2 heterocycles. The van der Waals surface area contributed by atoms with Crippen LogP contribution >= 0.6 is 0 Å². The van der Waals surface area contributed by atoms with Gasteiger partial charge in [-0.05, 0) is 42.9 Å². The summed E-state index contributed by atoms with van der Waals surface area (Å²) in [5, 5.41) is 34.5. The molecule has 4 amide bonds. The summed E-state index contributed by atoms with van der Waals surface area (Å²) in [6.45, 7) is 3.75. The van der Waals surface area contributed by atoms with Crippen LogP contribution in [0.1, 0.15) is 29.9 Å². The third kappa shape index (κ3) is 4.53. The van der Waals surface area contributed by atoms with Crippen molar-refractivity contribution in [2.24, 2.45) is 29.6 Å². The van der Waals surface area contributed by atoms with Gasteiger partial charge in [0, 0.05) is 35.7 Å². The number of hydrogen-bond donors (Lipinski definition) is 1. The van der Waals surface area contributed by atoms with Crippen molar-refractivity contribution in [3.8, 4) is 5.75 Å². The summed E-state index contributed by atoms with van der Waals surface area (Å²) < 4.78 is 0. The second kappa shape index (κ2) is 11.4. The average molecular weight is 649 g/mol. The largest absolute Gasteiger partial charge is 0.507 e. The van der Waals surface area contributed by atoms with Crippen LogP contribution in [0, 0.1) is 49.8 Å². The van der Waals surface area contributed by atoms with E-state index < -0.39 is 69.0 Å². The Morgan fingerprint density at radius 3 is 1.92 bits per heavy atom. The molecule has 0 aromatic heterocycles. The molecule has 0 bridgehead atoms. The molecule has 13 heteroatoms. The Hall–Kier alpha value is -5.98. The van der Waals surface area contributed by atoms with Gasteiger partial charge in [-0.3, -0.25) is 39.4 Å². The number of carbonyl (C=O) groups excluding carboxylic acids is 4. The summed E-state index contributed by atoms with van der Waals surface area (Å²) in [6, 6.07) is 15.6. The summed E-state index contributed by atoms with van der Waals surface area (Å²) in [6.07, 6.45) is 3.95. The van der Waals surface area contributed by atoms with Crippen molar-refractivity contribution in [2.75, 3.05) is 9.80 Å². The van der Waals surface area contributed by atoms with Gasteiger partial charge in [-0.1, -0.05) is 48.1 Å². The van der Waals surface area contributed by atoms with Gasteiger partial charge >= 0.3 is 0 Å². The van der Waals surface area contributed by atoms with Gasteiger partial charge in [0.1, 0.15) is 5.75 Å². The monoisotopic (exact) mass is 648 g/mol. The van der Waals surface area contributed by atoms with Crippen molar-refractivity contribution in [2.45, 2.75) is 25.2 Å². The lowest BCUT2D eigenvalue weighted by molar-refractivity contribution is -0.385. The number of allylic oxidation sites excluding steroid dienone is 3. The van der Waals surface area contributed by atoms with Gasteiger partial charge in [-0.25, -0.2) is 9.80 Å². The zero-order chi connectivity index (χ0) is 34.0. The molecule has 48 heavy (non-hydrogen) atoms. The van der Waals surface area contributed by atoms with Crippen LogP contribution < -0.4 is 9.80 Å². The molecule has 4 aliphatic rings. The van der Waals surface area contributed by atoms with Crippen LogP contribution in [0.15, 0.2) is 91.0 Å². The van der Waals surface area contributed by atoms with E-state index in [-0.39, 0.29) is 41.3 Å². The highest BCUT2D eigenvalue weighted by Gasteiger charge is 2.62. The fourth-order valence-corrected chi connectivity index (χ4v) is 8.12. The second-order valence-electron chi connectivity index (χ2n) is 12.4. The zero-order valence-corrected chi connectivity index (χ0v) is 25.3. The Labute approximate surface area is 273 Å². The van der Waals surface area contributed by atoms with Gasteiger partial charge in [0.25, 0.3) is 11.4 Å². The van der Waals surface area contributed by atoms with E-state index in [2.05, 4.69) is 6.58 Å². The third-order valence-corrected chi connectivity index (χ3v) is 10.1. The molecule has 2 saturated heterocycles. The van der Waals surface area contributed by atoms with Crippen LogP contribution in [-0.4, -0.2) is 38.6 Å². The number of amides is 4. The van der Waals surface area contributed by atoms with Crippen molar-refractivity contribution in [3.05, 3.63) is 122 Å². The number of phenolic OH excluding ortho intramolecular Hbond substituents is 1. The van der Waals surface area contributed by atoms with Crippen LogP contribution in [0.2, 0.25) is 0 Å². The van der Waals surface area contributed by atoms with Gasteiger partial charge in [0.2, 0.25) is 23.6 Å². The van der Waals surface area contributed by atoms with E-state index in [0.717, 1.165) is 15.9 Å². The topological polar surface area (TPSA) is 181 Å². The number of nitrogens with zero attached hydrogens (tertiary/aromatic N) is 4. The third-order valence-electron chi connectivity index (χ3n) is 10.1. The van der Waals surface area contributed by atoms with E-state index in [4.69, 9.17) is 0 Å². The zero-order valence-electron chi connectivity index (χ0n) is 25.3. The lowest BCUT2D eigenvalue weighted by Gasteiger charge is -2.44. The van der Waals surface area contributed by atoms with E-state index in [1.165, 1.54) is 42.5 Å². The van der Waals surface area contributed by atoms with E-state index in [1.54, 1.807) is 24.3 Å². The first-order chi connectivity index (χ1) is 23.0. The number of aromatic hydroxyl groups is 1. The molecule has 242 valence electrons. The maximum atomic E-state index is 14.3. The van der Waals surface area contributed by atoms with Crippen molar-refractivity contribution >= 4 is 46.4 Å². The molecule has 7 rings (SSSR count). The lowest BCUT2D eigenvalue weighted by atomic mass is 9.57. The van der Waals surface area contributed by atoms with Crippen molar-refractivity contribution < 1.29 is 34.1 Å². The Morgan fingerprint density at radius 2 is 1.33 bits per heavy atom. The molecule has 0 spiro atoms. The maximum Gasteiger partial charge on any atom is 0.271 e. The second-order valence-corrected chi connectivity index (χ2v) is 12.4. The summed E-state index contributed by atoms with van der Waals surface area (Å²) in [4.78, 5) is 80.1. The fraction of sp³-hybridized carbons (Fsp3) is 0.257. The van der Waals surface area contributed by atoms with E-state index in [9.17, 15) is 44.5 Å². The van der Waals surface area contributed by atoms with E-state index in [0.29, 0.717) is 23.1 Å². The molecule has 6 atom stereocenters. The van der Waals surface area contributed by atoms with Gasteiger partial charge in [0.15, 0.2) is 0 Å². The Bertz CT molecular complexity index is 2000. The number of nitro benzene ring substituents is 2. The minimum Gasteiger partial charge on any atom is -0.507 e. The van der Waals surface area contributed by atoms with Crippen LogP contribution in [-0.2, 0) is 25.6 Å². The molecule has 2 aliphatic carbocycles. The highest BCUT2D eigenvalue weighted by molar-refractivity contribution is 6.24. The smallest absolute Gasteiger partial charge is 0.271 e. The number of fused-ring (bicyclic) bond motifs is 4. The molecular formula is C35H28N4O9. The first kappa shape index (κ1) is 30.7. The van der Waals surface area contributed by atoms with Crippen molar-refractivity contribution in [1.82, 2.24) is 0 Å². The quantitative estimate of drug-likeness (QED) is 0.160. The van der Waals surface area contributed by atoms with E-state index in [1.807, 2.05) is 6.08 Å². The number of benzene rings is 3. The predicted octanol–water partition coefficient (Wildman–Crippen LogP) is 4.98. The number of phenols is 1. The SMILES string of the molecule is C=CCc1cccc(C2C3=CCC4C(=O)N(c5cccc([N+](=O)[O-])c5)C(=O)C4C3CC3C(=O)N(c4cccc([N+](=O)[O-])c4)C(=O)C32)c1O. The molecule has 2 aliphatic heterocycles. The lowest BCUT2D eigenvalue weighted by Crippen LogP contribution is -2.43. The van der Waals surface area contributed by atoms with Crippen LogP contribution in [0.25, 0.3) is 0 Å². The standard InChI is InChI=1S/C35H28N4O9/c1-2-6-18-7-3-12-24(31(18)40)28-23-13-14-25-29(34(43)36(32(25)41)19-8-4-10-21(15-19)38(45)46)26(23)17-27-30(28)35(44)37(33(27)42)20-9-5-11-22(16-20)39(47)48/h2-5,7-13,15-16,25-30,40H,1,6,14,17H2. The number of rotatable bonds is 7. The molecule has 1 saturated carbocycles. The number of non-ortho nitro benzene ring substituents is 2. The van der Waals surface area contributed by atoms with Gasteiger partial charge < -0.3 is 5.11 Å². The number of imide groups is 2. The molecular weight excluding hydrogens is 620 g/mol. The minimum atomic E-state index is -0.999. The fourth-order valence-electron chi connectivity index (χ4n) is 8.12. The average Bonchev–Trinajstić information content (AvgIpc) is 3.48. The number of para-hydroxylation sites is 1. The number of nitro groups is 2. The van der Waals surface area contributed by atoms with Crippen LogP contribution in [0.4, 0.5) is 22.7 Å². The molecule has 1 N–H and O–H groups in total. The summed E-state index contributed by atoms with van der Waals surface area (Å²) in [7, 11) is 0. The first-order valence-electron chi connectivity index (χ1n) is 15.4. The molecule has 3 fully saturated rings. The number of anilines is 2. The normalized spacial score (nSPS) is 26.1. The summed E-state index contributed by atoms with van der Waals surface area (Å²) in [5.74, 6) is -7.56. The highest BCUT2D eigenvalue weighted by atomic mass is 16.6. The van der Waals surface area contributed by atoms with Crippen LogP contribution in [0.3, 0.4) is 0 Å². The Kier molecular flexibility index (Phi) is 7.26. The Balaban J connectivity index is 1.35. The molecule has 3 aromatic carbocycles. The van der Waals surface area contributed by atoms with Gasteiger partial charge in [-0.2, -0.15) is 0 Å². The molecule has 13 nitrogen and oxygen atoms in total. The van der Waals surface area contributed by atoms with E-state index >= 15 is 0 Å². The van der Waals surface area contributed by atoms with Crippen LogP contribution in [0.5, 0.6) is 5.75 Å². The van der Waals surface area contributed by atoms with Crippen molar-refractivity contribution in [1.29, 1.82) is 0 Å². The number of carbonyl (C=O) groups is 4. The molecule has 0 radical (unpaired) electrons. The Morgan fingerprint density at radius 1 is 0.771 bits per heavy atom. The minimum absolute atomic E-state index is 0.0378. The highest BCUT2D eigenvalue weighted by Crippen LogP contribution is 2.59. The number of hydrogen-bond acceptors (Lipinski definition) is 9. The van der Waals surface area contributed by atoms with Gasteiger partial charge in [-0.15, -0.1) is 6.58 Å². The van der Waals surface area contributed by atoms with Crippen molar-refractivity contribution in [3.63, 3.8) is 0 Å². The predicted molar refractivity (Wildman–Crippen MR) is 171 cm³/mol. The molecule has 3 aromatic rings.